The van der Waals surface area contributed by atoms with Crippen LogP contribution in [0.15, 0.2) is 36.4 Å². The minimum absolute atomic E-state index is 0.0700. The summed E-state index contributed by atoms with van der Waals surface area (Å²) in [7, 11) is 0. The van der Waals surface area contributed by atoms with E-state index in [1.54, 1.807) is 12.1 Å². The van der Waals surface area contributed by atoms with Crippen molar-refractivity contribution in [3.05, 3.63) is 53.8 Å². The van der Waals surface area contributed by atoms with Gasteiger partial charge in [-0.3, -0.25) is 8.61 Å². The largest absolute Gasteiger partial charge is 0.376 e. The number of benzene rings is 2. The fraction of sp³-hybridized carbons (Fsp3) is 0.333. The van der Waals surface area contributed by atoms with Gasteiger partial charge in [0.25, 0.3) is 0 Å². The summed E-state index contributed by atoms with van der Waals surface area (Å²) in [6.45, 7) is 2.83. The first-order valence-electron chi connectivity index (χ1n) is 8.46. The molecule has 0 radical (unpaired) electrons. The number of morpholine rings is 1. The zero-order valence-electron chi connectivity index (χ0n) is 13.9. The predicted molar refractivity (Wildman–Crippen MR) is 97.1 cm³/mol. The van der Waals surface area contributed by atoms with E-state index in [1.165, 1.54) is 28.6 Å². The number of nitrogens with one attached hydrogen (secondary N) is 1. The van der Waals surface area contributed by atoms with E-state index >= 15 is 0 Å². The van der Waals surface area contributed by atoms with Gasteiger partial charge in [-0.15, -0.1) is 0 Å². The molecule has 0 spiro atoms. The Hall–Kier alpha value is -1.90. The summed E-state index contributed by atoms with van der Waals surface area (Å²) in [5, 5.41) is 3.27. The summed E-state index contributed by atoms with van der Waals surface area (Å²) in [5.41, 5.74) is 0.507. The highest BCUT2D eigenvalue weighted by atomic mass is 32.2. The number of ether oxygens (including phenoxy) is 1. The van der Waals surface area contributed by atoms with Gasteiger partial charge in [-0.05, 0) is 30.7 Å². The molecule has 0 amide bonds. The van der Waals surface area contributed by atoms with E-state index < -0.39 is 17.5 Å². The molecule has 1 N–H and O–H groups in total. The number of anilines is 3. The van der Waals surface area contributed by atoms with E-state index in [0.717, 1.165) is 31.6 Å². The standard InChI is InChI=1S/C18H18F3N3OS/c19-13-3-1-4-14(20)17(13)24-18-15(21)5-2-6-16(18)23(26-24)9-7-12-11-22-8-10-25-12/h1-6,12,22H,7-11H2/t12-/m1/s1. The summed E-state index contributed by atoms with van der Waals surface area (Å²) < 4.78 is 51.9. The summed E-state index contributed by atoms with van der Waals surface area (Å²) >= 11 is 1.09. The molecule has 0 saturated carbocycles. The molecule has 138 valence electrons. The maximum absolute atomic E-state index is 14.5. The first-order chi connectivity index (χ1) is 12.6. The molecule has 8 heteroatoms. The molecule has 0 aliphatic carbocycles. The molecule has 2 heterocycles. The Kier molecular flexibility index (Phi) is 4.97. The van der Waals surface area contributed by atoms with Crippen molar-refractivity contribution in [2.75, 3.05) is 34.9 Å². The molecule has 1 saturated heterocycles. The van der Waals surface area contributed by atoms with Crippen molar-refractivity contribution in [3.8, 4) is 0 Å². The lowest BCUT2D eigenvalue weighted by Gasteiger charge is -2.26. The van der Waals surface area contributed by atoms with E-state index in [1.807, 2.05) is 4.31 Å². The number of fused-ring (bicyclic) bond motifs is 1. The van der Waals surface area contributed by atoms with Crippen molar-refractivity contribution in [2.24, 2.45) is 0 Å². The van der Waals surface area contributed by atoms with Gasteiger partial charge in [0.15, 0.2) is 11.6 Å². The second-order valence-corrected chi connectivity index (χ2v) is 7.11. The highest BCUT2D eigenvalue weighted by molar-refractivity contribution is 8.02. The molecule has 2 aromatic carbocycles. The van der Waals surface area contributed by atoms with Gasteiger partial charge in [-0.2, -0.15) is 0 Å². The van der Waals surface area contributed by atoms with Crippen molar-refractivity contribution in [1.29, 1.82) is 0 Å². The first-order valence-corrected chi connectivity index (χ1v) is 9.19. The van der Waals surface area contributed by atoms with E-state index in [9.17, 15) is 13.2 Å². The second-order valence-electron chi connectivity index (χ2n) is 6.14. The van der Waals surface area contributed by atoms with Crippen LogP contribution in [0.4, 0.5) is 30.2 Å². The maximum atomic E-state index is 14.5. The number of nitrogens with zero attached hydrogens (tertiary/aromatic N) is 2. The van der Waals surface area contributed by atoms with Gasteiger partial charge in [0.2, 0.25) is 0 Å². The second kappa shape index (κ2) is 7.38. The number of hydrogen-bond donors (Lipinski definition) is 1. The predicted octanol–water partition coefficient (Wildman–Crippen LogP) is 4.00. The van der Waals surface area contributed by atoms with Gasteiger partial charge >= 0.3 is 0 Å². The van der Waals surface area contributed by atoms with Crippen molar-refractivity contribution < 1.29 is 17.9 Å². The molecule has 2 aliphatic rings. The summed E-state index contributed by atoms with van der Waals surface area (Å²) in [6.07, 6.45) is 0.796. The summed E-state index contributed by atoms with van der Waals surface area (Å²) in [4.78, 5) is 0. The molecular formula is C18H18F3N3OS. The average molecular weight is 381 g/mol. The minimum atomic E-state index is -0.728. The smallest absolute Gasteiger partial charge is 0.150 e. The maximum Gasteiger partial charge on any atom is 0.150 e. The zero-order chi connectivity index (χ0) is 18.1. The Balaban J connectivity index is 1.62. The lowest BCUT2D eigenvalue weighted by atomic mass is 10.2. The van der Waals surface area contributed by atoms with E-state index in [-0.39, 0.29) is 17.5 Å². The Morgan fingerprint density at radius 2 is 1.73 bits per heavy atom. The number of para-hydroxylation sites is 2. The topological polar surface area (TPSA) is 27.7 Å². The zero-order valence-corrected chi connectivity index (χ0v) is 14.7. The lowest BCUT2D eigenvalue weighted by molar-refractivity contribution is 0.0254. The van der Waals surface area contributed by atoms with Crippen LogP contribution in [0.3, 0.4) is 0 Å². The van der Waals surface area contributed by atoms with Crippen LogP contribution in [-0.2, 0) is 4.74 Å². The van der Waals surface area contributed by atoms with Crippen molar-refractivity contribution in [2.45, 2.75) is 12.5 Å². The van der Waals surface area contributed by atoms with Gasteiger partial charge in [-0.25, -0.2) is 13.2 Å². The number of hydrogen-bond acceptors (Lipinski definition) is 5. The summed E-state index contributed by atoms with van der Waals surface area (Å²) in [5.74, 6) is -1.97. The van der Waals surface area contributed by atoms with Gasteiger partial charge in [-0.1, -0.05) is 12.1 Å². The minimum Gasteiger partial charge on any atom is -0.376 e. The molecule has 4 rings (SSSR count). The van der Waals surface area contributed by atoms with Crippen LogP contribution in [0, 0.1) is 17.5 Å². The molecule has 2 aromatic rings. The number of rotatable bonds is 4. The highest BCUT2D eigenvalue weighted by Gasteiger charge is 2.34. The quantitative estimate of drug-likeness (QED) is 0.808. The van der Waals surface area contributed by atoms with Crippen LogP contribution >= 0.6 is 12.1 Å². The summed E-state index contributed by atoms with van der Waals surface area (Å²) in [6, 6.07) is 8.28. The Labute approximate surface area is 154 Å². The fourth-order valence-electron chi connectivity index (χ4n) is 3.15. The van der Waals surface area contributed by atoms with Crippen molar-refractivity contribution >= 4 is 29.2 Å². The Morgan fingerprint density at radius 3 is 2.42 bits per heavy atom. The lowest BCUT2D eigenvalue weighted by Crippen LogP contribution is -2.39. The number of halogens is 3. The van der Waals surface area contributed by atoms with Crippen LogP contribution in [0.2, 0.25) is 0 Å². The SMILES string of the molecule is Fc1cccc(F)c1N1SN(CC[C@@H]2CNCCO2)c2cccc(F)c21. The first kappa shape index (κ1) is 17.5. The fourth-order valence-corrected chi connectivity index (χ4v) is 4.29. The highest BCUT2D eigenvalue weighted by Crippen LogP contribution is 2.51. The van der Waals surface area contributed by atoms with Crippen LogP contribution in [0.25, 0.3) is 0 Å². The third kappa shape index (κ3) is 3.24. The molecule has 1 fully saturated rings. The molecule has 0 unspecified atom stereocenters. The molecule has 0 bridgehead atoms. The molecule has 2 aliphatic heterocycles. The Morgan fingerprint density at radius 1 is 1.04 bits per heavy atom. The van der Waals surface area contributed by atoms with E-state index in [4.69, 9.17) is 4.74 Å². The molecule has 4 nitrogen and oxygen atoms in total. The average Bonchev–Trinajstić information content (AvgIpc) is 3.01. The van der Waals surface area contributed by atoms with Gasteiger partial charge < -0.3 is 10.1 Å². The van der Waals surface area contributed by atoms with Gasteiger partial charge in [0, 0.05) is 19.6 Å². The monoisotopic (exact) mass is 381 g/mol. The van der Waals surface area contributed by atoms with E-state index in [2.05, 4.69) is 5.32 Å². The van der Waals surface area contributed by atoms with Crippen molar-refractivity contribution in [1.82, 2.24) is 5.32 Å². The van der Waals surface area contributed by atoms with Gasteiger partial charge in [0.05, 0.1) is 30.5 Å². The third-order valence-electron chi connectivity index (χ3n) is 4.42. The molecule has 26 heavy (non-hydrogen) atoms. The molecule has 0 aromatic heterocycles. The van der Waals surface area contributed by atoms with Crippen LogP contribution < -0.4 is 13.9 Å². The Bertz CT molecular complexity index is 781. The normalized spacial score (nSPS) is 19.7. The van der Waals surface area contributed by atoms with Crippen LogP contribution in [0.5, 0.6) is 0 Å². The third-order valence-corrected chi connectivity index (χ3v) is 5.52. The van der Waals surface area contributed by atoms with Crippen molar-refractivity contribution in [3.63, 3.8) is 0 Å². The molecular weight excluding hydrogens is 363 g/mol. The van der Waals surface area contributed by atoms with Crippen LogP contribution in [-0.4, -0.2) is 32.3 Å². The molecule has 1 atom stereocenters. The van der Waals surface area contributed by atoms with Gasteiger partial charge in [0.1, 0.15) is 17.2 Å². The van der Waals surface area contributed by atoms with E-state index in [0.29, 0.717) is 18.8 Å². The van der Waals surface area contributed by atoms with Crippen LogP contribution in [0.1, 0.15) is 6.42 Å².